The third kappa shape index (κ3) is 4.27. The molecule has 0 saturated carbocycles. The second-order valence-electron chi connectivity index (χ2n) is 5.48. The van der Waals surface area contributed by atoms with Gasteiger partial charge in [-0.05, 0) is 47.9 Å². The number of ether oxygens (including phenoxy) is 1. The molecule has 25 heavy (non-hydrogen) atoms. The van der Waals surface area contributed by atoms with Crippen LogP contribution in [0.1, 0.15) is 11.1 Å². The van der Waals surface area contributed by atoms with E-state index in [0.717, 1.165) is 16.9 Å². The lowest BCUT2D eigenvalue weighted by molar-refractivity contribution is -0.122. The van der Waals surface area contributed by atoms with Crippen LogP contribution in [0.5, 0.6) is 5.75 Å². The quantitative estimate of drug-likeness (QED) is 0.578. The van der Waals surface area contributed by atoms with E-state index in [-0.39, 0.29) is 11.7 Å². The average molecular weight is 373 g/mol. The van der Waals surface area contributed by atoms with Crippen molar-refractivity contribution in [1.82, 2.24) is 4.90 Å². The Morgan fingerprint density at radius 1 is 1.16 bits per heavy atom. The summed E-state index contributed by atoms with van der Waals surface area (Å²) in [4.78, 5) is 14.7. The molecule has 1 aliphatic rings. The fourth-order valence-corrected chi connectivity index (χ4v) is 3.74. The van der Waals surface area contributed by atoms with E-state index in [2.05, 4.69) is 0 Å². The Kier molecular flexibility index (Phi) is 5.50. The van der Waals surface area contributed by atoms with Crippen LogP contribution in [-0.4, -0.2) is 28.8 Å². The van der Waals surface area contributed by atoms with E-state index >= 15 is 0 Å². The number of methoxy groups -OCH3 is 1. The van der Waals surface area contributed by atoms with Crippen molar-refractivity contribution in [3.63, 3.8) is 0 Å². The maximum Gasteiger partial charge on any atom is 0.266 e. The number of thiocarbonyl (C=S) groups is 1. The number of amides is 1. The molecule has 0 spiro atoms. The molecule has 1 aliphatic heterocycles. The van der Waals surface area contributed by atoms with Crippen LogP contribution in [0.2, 0.25) is 0 Å². The molecular weight excluding hydrogens is 357 g/mol. The topological polar surface area (TPSA) is 29.5 Å². The van der Waals surface area contributed by atoms with Gasteiger partial charge in [-0.15, -0.1) is 0 Å². The van der Waals surface area contributed by atoms with Crippen molar-refractivity contribution in [1.29, 1.82) is 0 Å². The normalized spacial score (nSPS) is 15.9. The Bertz CT molecular complexity index is 816. The molecule has 1 saturated heterocycles. The van der Waals surface area contributed by atoms with Crippen LogP contribution in [0.25, 0.3) is 6.08 Å². The van der Waals surface area contributed by atoms with Crippen LogP contribution in [0.4, 0.5) is 4.39 Å². The standard InChI is InChI=1S/C19H16FNO2S2/c1-23-16-8-4-13(5-9-16)10-11-21-18(22)17(25-19(21)24)12-14-2-6-15(20)7-3-14/h2-9,12H,10-11H2,1H3. The minimum atomic E-state index is -0.302. The first-order valence-corrected chi connectivity index (χ1v) is 8.93. The van der Waals surface area contributed by atoms with Crippen LogP contribution in [0.3, 0.4) is 0 Å². The van der Waals surface area contributed by atoms with Gasteiger partial charge < -0.3 is 4.74 Å². The zero-order valence-corrected chi connectivity index (χ0v) is 15.2. The number of rotatable bonds is 5. The smallest absolute Gasteiger partial charge is 0.266 e. The van der Waals surface area contributed by atoms with Crippen molar-refractivity contribution in [3.8, 4) is 5.75 Å². The molecule has 0 bridgehead atoms. The zero-order chi connectivity index (χ0) is 17.8. The van der Waals surface area contributed by atoms with E-state index in [9.17, 15) is 9.18 Å². The summed E-state index contributed by atoms with van der Waals surface area (Å²) in [6.07, 6.45) is 2.45. The van der Waals surface area contributed by atoms with E-state index in [1.165, 1.54) is 23.9 Å². The number of hydrogen-bond acceptors (Lipinski definition) is 4. The molecular formula is C19H16FNO2S2. The molecule has 1 amide bonds. The van der Waals surface area contributed by atoms with Crippen LogP contribution in [-0.2, 0) is 11.2 Å². The molecule has 3 nitrogen and oxygen atoms in total. The van der Waals surface area contributed by atoms with Gasteiger partial charge in [0.1, 0.15) is 15.9 Å². The molecule has 128 valence electrons. The lowest BCUT2D eigenvalue weighted by atomic mass is 10.1. The van der Waals surface area contributed by atoms with E-state index in [1.807, 2.05) is 24.3 Å². The van der Waals surface area contributed by atoms with Crippen LogP contribution in [0, 0.1) is 5.82 Å². The highest BCUT2D eigenvalue weighted by Gasteiger charge is 2.31. The molecule has 2 aromatic carbocycles. The maximum atomic E-state index is 13.0. The predicted octanol–water partition coefficient (Wildman–Crippen LogP) is 4.28. The van der Waals surface area contributed by atoms with Crippen LogP contribution >= 0.6 is 24.0 Å². The Balaban J connectivity index is 1.67. The van der Waals surface area contributed by atoms with Crippen molar-refractivity contribution in [3.05, 3.63) is 70.4 Å². The van der Waals surface area contributed by atoms with E-state index in [4.69, 9.17) is 17.0 Å². The van der Waals surface area contributed by atoms with Crippen molar-refractivity contribution in [2.45, 2.75) is 6.42 Å². The van der Waals surface area contributed by atoms with Gasteiger partial charge in [0.2, 0.25) is 0 Å². The van der Waals surface area contributed by atoms with Gasteiger partial charge >= 0.3 is 0 Å². The number of nitrogens with zero attached hydrogens (tertiary/aromatic N) is 1. The van der Waals surface area contributed by atoms with E-state index < -0.39 is 0 Å². The largest absolute Gasteiger partial charge is 0.497 e. The minimum Gasteiger partial charge on any atom is -0.497 e. The van der Waals surface area contributed by atoms with Crippen molar-refractivity contribution in [2.75, 3.05) is 13.7 Å². The highest BCUT2D eigenvalue weighted by molar-refractivity contribution is 8.26. The summed E-state index contributed by atoms with van der Waals surface area (Å²) in [6, 6.07) is 13.8. The predicted molar refractivity (Wildman–Crippen MR) is 103 cm³/mol. The second kappa shape index (κ2) is 7.80. The number of thioether (sulfide) groups is 1. The fraction of sp³-hybridized carbons (Fsp3) is 0.158. The first-order valence-electron chi connectivity index (χ1n) is 7.70. The number of benzene rings is 2. The first-order chi connectivity index (χ1) is 12.1. The van der Waals surface area contributed by atoms with Crippen molar-refractivity contribution >= 4 is 40.3 Å². The molecule has 0 unspecified atom stereocenters. The summed E-state index contributed by atoms with van der Waals surface area (Å²) in [5.41, 5.74) is 1.88. The van der Waals surface area contributed by atoms with Gasteiger partial charge in [-0.2, -0.15) is 0 Å². The lowest BCUT2D eigenvalue weighted by Crippen LogP contribution is -2.30. The van der Waals surface area contributed by atoms with E-state index in [1.54, 1.807) is 30.2 Å². The van der Waals surface area contributed by atoms with Crippen molar-refractivity contribution < 1.29 is 13.9 Å². The Morgan fingerprint density at radius 3 is 2.48 bits per heavy atom. The van der Waals surface area contributed by atoms with Gasteiger partial charge in [-0.25, -0.2) is 4.39 Å². The van der Waals surface area contributed by atoms with Gasteiger partial charge in [0, 0.05) is 6.54 Å². The first kappa shape index (κ1) is 17.6. The summed E-state index contributed by atoms with van der Waals surface area (Å²) in [7, 11) is 1.63. The number of hydrogen-bond donors (Lipinski definition) is 0. The maximum absolute atomic E-state index is 13.0. The van der Waals surface area contributed by atoms with Gasteiger partial charge in [0.05, 0.1) is 12.0 Å². The Hall–Kier alpha value is -2.18. The second-order valence-corrected chi connectivity index (χ2v) is 7.16. The minimum absolute atomic E-state index is 0.104. The molecule has 1 heterocycles. The highest BCUT2D eigenvalue weighted by atomic mass is 32.2. The monoisotopic (exact) mass is 373 g/mol. The lowest BCUT2D eigenvalue weighted by Gasteiger charge is -2.14. The van der Waals surface area contributed by atoms with Crippen LogP contribution in [0.15, 0.2) is 53.4 Å². The SMILES string of the molecule is COc1ccc(CCN2C(=O)C(=Cc3ccc(F)cc3)SC2=S)cc1. The van der Waals surface area contributed by atoms with Gasteiger partial charge in [0.15, 0.2) is 0 Å². The number of carbonyl (C=O) groups excluding carboxylic acids is 1. The molecule has 1 fully saturated rings. The molecule has 0 aliphatic carbocycles. The summed E-state index contributed by atoms with van der Waals surface area (Å²) in [6.45, 7) is 0.526. The average Bonchev–Trinajstić information content (AvgIpc) is 2.89. The summed E-state index contributed by atoms with van der Waals surface area (Å²) in [5.74, 6) is 0.397. The molecule has 3 rings (SSSR count). The molecule has 2 aromatic rings. The molecule has 0 radical (unpaired) electrons. The number of halogens is 1. The van der Waals surface area contributed by atoms with Crippen LogP contribution < -0.4 is 4.74 Å². The third-order valence-electron chi connectivity index (χ3n) is 3.82. The highest BCUT2D eigenvalue weighted by Crippen LogP contribution is 2.32. The van der Waals surface area contributed by atoms with E-state index in [0.29, 0.717) is 22.2 Å². The molecule has 0 atom stereocenters. The van der Waals surface area contributed by atoms with Crippen molar-refractivity contribution in [2.24, 2.45) is 0 Å². The summed E-state index contributed by atoms with van der Waals surface area (Å²) in [5, 5.41) is 0. The Labute approximate surface area is 155 Å². The third-order valence-corrected chi connectivity index (χ3v) is 5.20. The molecule has 0 aromatic heterocycles. The number of carbonyl (C=O) groups is 1. The summed E-state index contributed by atoms with van der Waals surface area (Å²) < 4.78 is 18.7. The Morgan fingerprint density at radius 2 is 1.84 bits per heavy atom. The molecule has 6 heteroatoms. The molecule has 0 N–H and O–H groups in total. The van der Waals surface area contributed by atoms with Gasteiger partial charge in [-0.3, -0.25) is 9.69 Å². The van der Waals surface area contributed by atoms with Gasteiger partial charge in [-0.1, -0.05) is 48.2 Å². The van der Waals surface area contributed by atoms with Gasteiger partial charge in [0.25, 0.3) is 5.91 Å². The fourth-order valence-electron chi connectivity index (χ4n) is 2.44. The zero-order valence-electron chi connectivity index (χ0n) is 13.6. The summed E-state index contributed by atoms with van der Waals surface area (Å²) >= 11 is 6.61.